The maximum absolute atomic E-state index is 2.32. The molecular weight excluding hydrogens is 216 g/mol. The van der Waals surface area contributed by atoms with Crippen molar-refractivity contribution in [3.8, 4) is 0 Å². The van der Waals surface area contributed by atoms with Gasteiger partial charge in [-0.15, -0.1) is 0 Å². The second-order valence-corrected chi connectivity index (χ2v) is 5.56. The number of aryl methyl sites for hydroxylation is 1. The number of fused-ring (bicyclic) bond motifs is 2. The SMILES string of the molecule is c1ccc2c(c1)CC([C]1CCc3ccccc31)C2. The van der Waals surface area contributed by atoms with Gasteiger partial charge < -0.3 is 0 Å². The minimum atomic E-state index is 0.756. The molecule has 0 aromatic heterocycles. The molecule has 0 amide bonds. The largest absolute Gasteiger partial charge is 0.0620 e. The molecule has 0 nitrogen and oxygen atoms in total. The molecule has 89 valence electrons. The van der Waals surface area contributed by atoms with Gasteiger partial charge >= 0.3 is 0 Å². The summed E-state index contributed by atoms with van der Waals surface area (Å²) >= 11 is 0. The van der Waals surface area contributed by atoms with E-state index in [-0.39, 0.29) is 0 Å². The minimum absolute atomic E-state index is 0.756. The molecule has 18 heavy (non-hydrogen) atoms. The van der Waals surface area contributed by atoms with E-state index >= 15 is 0 Å². The van der Waals surface area contributed by atoms with Gasteiger partial charge in [-0.25, -0.2) is 0 Å². The first-order valence-electron chi connectivity index (χ1n) is 6.92. The summed E-state index contributed by atoms with van der Waals surface area (Å²) in [4.78, 5) is 0. The first-order valence-corrected chi connectivity index (χ1v) is 6.92. The van der Waals surface area contributed by atoms with Gasteiger partial charge in [-0.05, 0) is 53.9 Å². The van der Waals surface area contributed by atoms with Crippen LogP contribution in [0.4, 0.5) is 0 Å². The van der Waals surface area contributed by atoms with Crippen molar-refractivity contribution in [3.63, 3.8) is 0 Å². The van der Waals surface area contributed by atoms with Crippen molar-refractivity contribution in [1.29, 1.82) is 0 Å². The van der Waals surface area contributed by atoms with E-state index in [9.17, 15) is 0 Å². The van der Waals surface area contributed by atoms with Crippen LogP contribution in [0.25, 0.3) is 0 Å². The maximum atomic E-state index is 2.32. The quantitative estimate of drug-likeness (QED) is 0.699. The fraction of sp³-hybridized carbons (Fsp3) is 0.278. The molecule has 2 aromatic rings. The zero-order valence-electron chi connectivity index (χ0n) is 10.5. The lowest BCUT2D eigenvalue weighted by molar-refractivity contribution is 0.574. The van der Waals surface area contributed by atoms with Crippen molar-refractivity contribution in [1.82, 2.24) is 0 Å². The average Bonchev–Trinajstić information content (AvgIpc) is 3.02. The van der Waals surface area contributed by atoms with Crippen LogP contribution in [0.1, 0.15) is 28.7 Å². The molecule has 0 unspecified atom stereocenters. The zero-order chi connectivity index (χ0) is 11.9. The van der Waals surface area contributed by atoms with Crippen LogP contribution >= 0.6 is 0 Å². The van der Waals surface area contributed by atoms with Crippen LogP contribution in [0.2, 0.25) is 0 Å². The molecule has 2 aliphatic carbocycles. The molecule has 0 spiro atoms. The Hall–Kier alpha value is -1.56. The second-order valence-electron chi connectivity index (χ2n) is 5.56. The van der Waals surface area contributed by atoms with Gasteiger partial charge in [-0.3, -0.25) is 0 Å². The van der Waals surface area contributed by atoms with Gasteiger partial charge in [0, 0.05) is 5.92 Å². The molecule has 4 rings (SSSR count). The fourth-order valence-electron chi connectivity index (χ4n) is 3.68. The lowest BCUT2D eigenvalue weighted by Crippen LogP contribution is -2.11. The molecule has 0 fully saturated rings. The lowest BCUT2D eigenvalue weighted by Gasteiger charge is -2.18. The van der Waals surface area contributed by atoms with Gasteiger partial charge in [-0.2, -0.15) is 0 Å². The Bertz CT molecular complexity index is 557. The third kappa shape index (κ3) is 1.52. The summed E-state index contributed by atoms with van der Waals surface area (Å²) < 4.78 is 0. The van der Waals surface area contributed by atoms with Crippen molar-refractivity contribution in [2.45, 2.75) is 25.7 Å². The van der Waals surface area contributed by atoms with Gasteiger partial charge in [0.25, 0.3) is 0 Å². The summed E-state index contributed by atoms with van der Waals surface area (Å²) in [5.74, 6) is 2.47. The topological polar surface area (TPSA) is 0 Å². The summed E-state index contributed by atoms with van der Waals surface area (Å²) in [6, 6.07) is 17.9. The summed E-state index contributed by atoms with van der Waals surface area (Å²) in [5.41, 5.74) is 6.25. The maximum Gasteiger partial charge on any atom is 0.00933 e. The van der Waals surface area contributed by atoms with E-state index in [1.54, 1.807) is 28.2 Å². The van der Waals surface area contributed by atoms with Crippen LogP contribution < -0.4 is 0 Å². The average molecular weight is 233 g/mol. The Balaban J connectivity index is 1.65. The van der Waals surface area contributed by atoms with Gasteiger partial charge in [0.05, 0.1) is 0 Å². The molecule has 1 radical (unpaired) electrons. The molecule has 0 heterocycles. The van der Waals surface area contributed by atoms with E-state index in [4.69, 9.17) is 0 Å². The van der Waals surface area contributed by atoms with Crippen molar-refractivity contribution >= 4 is 0 Å². The van der Waals surface area contributed by atoms with Gasteiger partial charge in [0.2, 0.25) is 0 Å². The monoisotopic (exact) mass is 233 g/mol. The normalized spacial score (nSPS) is 18.9. The molecule has 0 saturated heterocycles. The molecule has 0 atom stereocenters. The van der Waals surface area contributed by atoms with E-state index in [1.165, 1.54) is 25.7 Å². The smallest absolute Gasteiger partial charge is 0.00933 e. The fourth-order valence-corrected chi connectivity index (χ4v) is 3.68. The van der Waals surface area contributed by atoms with Gasteiger partial charge in [0.15, 0.2) is 0 Å². The van der Waals surface area contributed by atoms with E-state index in [2.05, 4.69) is 48.5 Å². The van der Waals surface area contributed by atoms with Crippen LogP contribution in [-0.4, -0.2) is 0 Å². The Morgan fingerprint density at radius 3 is 2.00 bits per heavy atom. The van der Waals surface area contributed by atoms with Crippen LogP contribution in [0.5, 0.6) is 0 Å². The molecule has 2 aromatic carbocycles. The van der Waals surface area contributed by atoms with Crippen LogP contribution in [-0.2, 0) is 19.3 Å². The van der Waals surface area contributed by atoms with Crippen LogP contribution in [0.15, 0.2) is 48.5 Å². The summed E-state index contributed by atoms with van der Waals surface area (Å²) in [6.45, 7) is 0. The van der Waals surface area contributed by atoms with Crippen molar-refractivity contribution in [2.24, 2.45) is 5.92 Å². The third-order valence-electron chi connectivity index (χ3n) is 4.57. The number of hydrogen-bond donors (Lipinski definition) is 0. The van der Waals surface area contributed by atoms with E-state index in [0.717, 1.165) is 5.92 Å². The third-order valence-corrected chi connectivity index (χ3v) is 4.57. The Labute approximate surface area is 109 Å². The van der Waals surface area contributed by atoms with E-state index in [0.29, 0.717) is 0 Å². The number of benzene rings is 2. The standard InChI is InChI=1S/C18H17/c1-2-7-15-12-16(11-14(15)6-1)18-10-9-13-5-3-4-8-17(13)18/h1-8,16H,9-12H2. The van der Waals surface area contributed by atoms with Crippen molar-refractivity contribution in [2.75, 3.05) is 0 Å². The van der Waals surface area contributed by atoms with Gasteiger partial charge in [-0.1, -0.05) is 48.5 Å². The highest BCUT2D eigenvalue weighted by Crippen LogP contribution is 2.43. The first-order chi connectivity index (χ1) is 8.92. The van der Waals surface area contributed by atoms with E-state index < -0.39 is 0 Å². The summed E-state index contributed by atoms with van der Waals surface area (Å²) in [7, 11) is 0. The predicted molar refractivity (Wildman–Crippen MR) is 74.4 cm³/mol. The molecule has 0 N–H and O–H groups in total. The highest BCUT2D eigenvalue weighted by atomic mass is 14.4. The molecule has 0 saturated carbocycles. The molecule has 0 bridgehead atoms. The highest BCUT2D eigenvalue weighted by molar-refractivity contribution is 5.47. The molecular formula is C18H17. The zero-order valence-corrected chi connectivity index (χ0v) is 10.5. The Kier molecular flexibility index (Phi) is 2.29. The van der Waals surface area contributed by atoms with Crippen molar-refractivity contribution in [3.05, 3.63) is 76.7 Å². The number of rotatable bonds is 1. The molecule has 0 heteroatoms. The molecule has 0 aliphatic heterocycles. The highest BCUT2D eigenvalue weighted by Gasteiger charge is 2.33. The van der Waals surface area contributed by atoms with E-state index in [1.807, 2.05) is 0 Å². The number of hydrogen-bond acceptors (Lipinski definition) is 0. The van der Waals surface area contributed by atoms with Gasteiger partial charge in [0.1, 0.15) is 0 Å². The van der Waals surface area contributed by atoms with Crippen LogP contribution in [0.3, 0.4) is 0 Å². The lowest BCUT2D eigenvalue weighted by atomic mass is 9.85. The van der Waals surface area contributed by atoms with Crippen molar-refractivity contribution < 1.29 is 0 Å². The Morgan fingerprint density at radius 2 is 1.28 bits per heavy atom. The minimum Gasteiger partial charge on any atom is -0.0620 e. The summed E-state index contributed by atoms with van der Waals surface area (Å²) in [6.07, 6.45) is 5.02. The molecule has 2 aliphatic rings. The Morgan fingerprint density at radius 1 is 0.667 bits per heavy atom. The summed E-state index contributed by atoms with van der Waals surface area (Å²) in [5, 5.41) is 0. The second kappa shape index (κ2) is 3.98. The van der Waals surface area contributed by atoms with Crippen LogP contribution in [0, 0.1) is 11.8 Å². The predicted octanol–water partition coefficient (Wildman–Crippen LogP) is 3.97. The first kappa shape index (κ1) is 10.4.